The van der Waals surface area contributed by atoms with Crippen LogP contribution in [0.15, 0.2) is 24.3 Å². The lowest BCUT2D eigenvalue weighted by Gasteiger charge is -2.25. The standard InChI is InChI=1S/C20H28ClN3O3/c1-3-5-10-18(25)22(11-6-4-2)13-19(26)23-14-20(27)24(15-23)17-9-7-8-16(21)12-17/h7-9,12H,3-6,10-11,13-15H2,1-2H3. The van der Waals surface area contributed by atoms with Crippen LogP contribution < -0.4 is 4.90 Å². The van der Waals surface area contributed by atoms with Crippen molar-refractivity contribution in [2.24, 2.45) is 0 Å². The summed E-state index contributed by atoms with van der Waals surface area (Å²) in [4.78, 5) is 42.1. The molecule has 1 aromatic rings. The Morgan fingerprint density at radius 3 is 2.59 bits per heavy atom. The molecule has 3 amide bonds. The van der Waals surface area contributed by atoms with E-state index in [1.807, 2.05) is 6.92 Å². The quantitative estimate of drug-likeness (QED) is 0.646. The number of carbonyl (C=O) groups excluding carboxylic acids is 3. The van der Waals surface area contributed by atoms with E-state index in [4.69, 9.17) is 11.6 Å². The highest BCUT2D eigenvalue weighted by molar-refractivity contribution is 6.31. The number of carbonyl (C=O) groups is 3. The van der Waals surface area contributed by atoms with Gasteiger partial charge in [-0.1, -0.05) is 44.4 Å². The lowest BCUT2D eigenvalue weighted by molar-refractivity contribution is -0.140. The molecule has 1 fully saturated rings. The fraction of sp³-hybridized carbons (Fsp3) is 0.550. The summed E-state index contributed by atoms with van der Waals surface area (Å²) in [6.45, 7) is 4.90. The number of hydrogen-bond donors (Lipinski definition) is 0. The van der Waals surface area contributed by atoms with Crippen LogP contribution in [0, 0.1) is 0 Å². The maximum atomic E-state index is 12.7. The fourth-order valence-electron chi connectivity index (χ4n) is 2.98. The van der Waals surface area contributed by atoms with E-state index in [1.54, 1.807) is 34.1 Å². The third kappa shape index (κ3) is 5.96. The molecule has 0 saturated carbocycles. The van der Waals surface area contributed by atoms with Gasteiger partial charge >= 0.3 is 0 Å². The molecule has 0 bridgehead atoms. The van der Waals surface area contributed by atoms with Gasteiger partial charge in [0, 0.05) is 23.7 Å². The summed E-state index contributed by atoms with van der Waals surface area (Å²) in [7, 11) is 0. The fourth-order valence-corrected chi connectivity index (χ4v) is 3.16. The lowest BCUT2D eigenvalue weighted by atomic mass is 10.2. The molecule has 27 heavy (non-hydrogen) atoms. The Balaban J connectivity index is 2.00. The van der Waals surface area contributed by atoms with Gasteiger partial charge in [-0.3, -0.25) is 19.3 Å². The average molecular weight is 394 g/mol. The minimum absolute atomic E-state index is 0.0101. The molecular weight excluding hydrogens is 366 g/mol. The Kier molecular flexibility index (Phi) is 8.10. The first-order valence-electron chi connectivity index (χ1n) is 9.57. The van der Waals surface area contributed by atoms with E-state index in [2.05, 4.69) is 6.92 Å². The molecule has 6 nitrogen and oxygen atoms in total. The minimum atomic E-state index is -0.200. The summed E-state index contributed by atoms with van der Waals surface area (Å²) in [5.41, 5.74) is 0.671. The van der Waals surface area contributed by atoms with E-state index in [1.165, 1.54) is 4.90 Å². The predicted octanol–water partition coefficient (Wildman–Crippen LogP) is 3.29. The molecule has 2 rings (SSSR count). The predicted molar refractivity (Wildman–Crippen MR) is 107 cm³/mol. The SMILES string of the molecule is CCCCC(=O)N(CCCC)CC(=O)N1CC(=O)N(c2cccc(Cl)c2)C1. The van der Waals surface area contributed by atoms with Crippen LogP contribution >= 0.6 is 11.6 Å². The van der Waals surface area contributed by atoms with Gasteiger partial charge in [0.05, 0.1) is 6.54 Å². The maximum Gasteiger partial charge on any atom is 0.248 e. The first-order chi connectivity index (χ1) is 13.0. The number of rotatable bonds is 9. The molecule has 0 N–H and O–H groups in total. The Morgan fingerprint density at radius 1 is 1.19 bits per heavy atom. The number of hydrogen-bond acceptors (Lipinski definition) is 3. The van der Waals surface area contributed by atoms with Crippen LogP contribution in [0.3, 0.4) is 0 Å². The van der Waals surface area contributed by atoms with Crippen molar-refractivity contribution in [3.63, 3.8) is 0 Å². The molecule has 1 aromatic carbocycles. The van der Waals surface area contributed by atoms with Crippen molar-refractivity contribution < 1.29 is 14.4 Å². The van der Waals surface area contributed by atoms with Gasteiger partial charge in [-0.2, -0.15) is 0 Å². The van der Waals surface area contributed by atoms with E-state index in [0.717, 1.165) is 25.7 Å². The Hall–Kier alpha value is -2.08. The molecule has 0 spiro atoms. The first-order valence-corrected chi connectivity index (χ1v) is 9.95. The second-order valence-electron chi connectivity index (χ2n) is 6.81. The lowest BCUT2D eigenvalue weighted by Crippen LogP contribution is -2.43. The van der Waals surface area contributed by atoms with E-state index in [-0.39, 0.29) is 37.5 Å². The molecule has 0 aromatic heterocycles. The summed E-state index contributed by atoms with van der Waals surface area (Å²) in [5, 5.41) is 0.539. The van der Waals surface area contributed by atoms with Crippen LogP contribution in [0.4, 0.5) is 5.69 Å². The summed E-state index contributed by atoms with van der Waals surface area (Å²) >= 11 is 6.00. The van der Waals surface area contributed by atoms with Crippen LogP contribution in [0.5, 0.6) is 0 Å². The zero-order valence-electron chi connectivity index (χ0n) is 16.1. The zero-order chi connectivity index (χ0) is 19.8. The number of halogens is 1. The Labute approximate surface area is 166 Å². The van der Waals surface area contributed by atoms with Crippen molar-refractivity contribution in [1.29, 1.82) is 0 Å². The van der Waals surface area contributed by atoms with Crippen LogP contribution in [0.1, 0.15) is 46.0 Å². The molecule has 0 atom stereocenters. The number of nitrogens with zero attached hydrogens (tertiary/aromatic N) is 3. The second kappa shape index (κ2) is 10.3. The van der Waals surface area contributed by atoms with Crippen molar-refractivity contribution in [2.45, 2.75) is 46.0 Å². The Morgan fingerprint density at radius 2 is 1.93 bits per heavy atom. The first kappa shape index (κ1) is 21.2. The average Bonchev–Trinajstić information content (AvgIpc) is 3.04. The van der Waals surface area contributed by atoms with Crippen molar-refractivity contribution in [2.75, 3.05) is 31.2 Å². The van der Waals surface area contributed by atoms with E-state index >= 15 is 0 Å². The molecule has 1 heterocycles. The van der Waals surface area contributed by atoms with Gasteiger partial charge < -0.3 is 9.80 Å². The number of unbranched alkanes of at least 4 members (excludes halogenated alkanes) is 2. The third-order valence-corrected chi connectivity index (χ3v) is 4.85. The highest BCUT2D eigenvalue weighted by Crippen LogP contribution is 2.23. The summed E-state index contributed by atoms with van der Waals surface area (Å²) in [6.07, 6.45) is 4.03. The number of amides is 3. The van der Waals surface area contributed by atoms with Gasteiger partial charge in [0.2, 0.25) is 17.7 Å². The van der Waals surface area contributed by atoms with Crippen molar-refractivity contribution in [3.8, 4) is 0 Å². The van der Waals surface area contributed by atoms with E-state index in [0.29, 0.717) is 23.7 Å². The zero-order valence-corrected chi connectivity index (χ0v) is 16.9. The molecule has 0 radical (unpaired) electrons. The van der Waals surface area contributed by atoms with Crippen molar-refractivity contribution in [1.82, 2.24) is 9.80 Å². The highest BCUT2D eigenvalue weighted by Gasteiger charge is 2.32. The number of benzene rings is 1. The van der Waals surface area contributed by atoms with Gasteiger partial charge in [0.25, 0.3) is 0 Å². The normalized spacial score (nSPS) is 14.0. The number of anilines is 1. The van der Waals surface area contributed by atoms with Crippen molar-refractivity contribution in [3.05, 3.63) is 29.3 Å². The molecule has 0 unspecified atom stereocenters. The monoisotopic (exact) mass is 393 g/mol. The van der Waals surface area contributed by atoms with Crippen LogP contribution in [-0.2, 0) is 14.4 Å². The van der Waals surface area contributed by atoms with Gasteiger partial charge in [-0.25, -0.2) is 0 Å². The van der Waals surface area contributed by atoms with Gasteiger partial charge in [-0.05, 0) is 31.0 Å². The van der Waals surface area contributed by atoms with Crippen LogP contribution in [0.2, 0.25) is 5.02 Å². The van der Waals surface area contributed by atoms with Gasteiger partial charge in [-0.15, -0.1) is 0 Å². The summed E-state index contributed by atoms with van der Waals surface area (Å²) in [6, 6.07) is 7.01. The van der Waals surface area contributed by atoms with Crippen LogP contribution in [0.25, 0.3) is 0 Å². The summed E-state index contributed by atoms with van der Waals surface area (Å²) < 4.78 is 0. The molecule has 148 valence electrons. The third-order valence-electron chi connectivity index (χ3n) is 4.62. The van der Waals surface area contributed by atoms with E-state index < -0.39 is 0 Å². The molecule has 1 aliphatic rings. The molecule has 0 aliphatic carbocycles. The topological polar surface area (TPSA) is 60.9 Å². The van der Waals surface area contributed by atoms with Gasteiger partial charge in [0.1, 0.15) is 13.2 Å². The van der Waals surface area contributed by atoms with Crippen LogP contribution in [-0.4, -0.2) is 53.8 Å². The van der Waals surface area contributed by atoms with E-state index in [9.17, 15) is 14.4 Å². The maximum absolute atomic E-state index is 12.7. The minimum Gasteiger partial charge on any atom is -0.333 e. The largest absolute Gasteiger partial charge is 0.333 e. The molecule has 1 aliphatic heterocycles. The Bertz CT molecular complexity index is 680. The van der Waals surface area contributed by atoms with Crippen molar-refractivity contribution >= 4 is 35.0 Å². The molecular formula is C20H28ClN3O3. The molecule has 1 saturated heterocycles. The van der Waals surface area contributed by atoms with Gasteiger partial charge in [0.15, 0.2) is 0 Å². The smallest absolute Gasteiger partial charge is 0.248 e. The highest BCUT2D eigenvalue weighted by atomic mass is 35.5. The summed E-state index contributed by atoms with van der Waals surface area (Å²) in [5.74, 6) is -0.340. The molecule has 7 heteroatoms. The second-order valence-corrected chi connectivity index (χ2v) is 7.24.